The summed E-state index contributed by atoms with van der Waals surface area (Å²) >= 11 is 0. The first-order chi connectivity index (χ1) is 12.9. The lowest BCUT2D eigenvalue weighted by atomic mass is 9.95. The molecule has 0 unspecified atom stereocenters. The Kier molecular flexibility index (Phi) is 6.50. The molecule has 3 aromatic carbocycles. The molecular weight excluding hydrogens is 354 g/mol. The number of halogens is 1. The van der Waals surface area contributed by atoms with Crippen LogP contribution in [0.4, 0.5) is 0 Å². The second-order valence-corrected chi connectivity index (χ2v) is 6.53. The summed E-state index contributed by atoms with van der Waals surface area (Å²) in [6.45, 7) is 0.766. The van der Waals surface area contributed by atoms with Crippen molar-refractivity contribution in [2.45, 2.75) is 18.5 Å². The van der Waals surface area contributed by atoms with E-state index >= 15 is 0 Å². The lowest BCUT2D eigenvalue weighted by Gasteiger charge is -2.19. The van der Waals surface area contributed by atoms with E-state index in [0.717, 1.165) is 18.9 Å². The first-order valence-electron chi connectivity index (χ1n) is 9.11. The van der Waals surface area contributed by atoms with E-state index < -0.39 is 0 Å². The fraction of sp³-hybridized carbons (Fsp3) is 0.174. The molecular formula is C23H24ClN3. The lowest BCUT2D eigenvalue weighted by molar-refractivity contribution is 0.554. The van der Waals surface area contributed by atoms with E-state index in [1.807, 2.05) is 6.07 Å². The Morgan fingerprint density at radius 1 is 0.630 bits per heavy atom. The molecule has 1 heterocycles. The zero-order chi connectivity index (χ0) is 17.6. The van der Waals surface area contributed by atoms with Crippen molar-refractivity contribution in [3.05, 3.63) is 108 Å². The lowest BCUT2D eigenvalue weighted by Crippen LogP contribution is -2.25. The van der Waals surface area contributed by atoms with E-state index in [4.69, 9.17) is 4.99 Å². The highest BCUT2D eigenvalue weighted by atomic mass is 35.5. The third kappa shape index (κ3) is 4.69. The van der Waals surface area contributed by atoms with Gasteiger partial charge in [-0.15, -0.1) is 12.4 Å². The van der Waals surface area contributed by atoms with Crippen LogP contribution in [-0.4, -0.2) is 12.5 Å². The van der Waals surface area contributed by atoms with Crippen LogP contribution in [0.15, 0.2) is 96.0 Å². The molecule has 27 heavy (non-hydrogen) atoms. The molecule has 0 aliphatic carbocycles. The Labute approximate surface area is 167 Å². The van der Waals surface area contributed by atoms with E-state index in [1.165, 1.54) is 16.7 Å². The van der Waals surface area contributed by atoms with E-state index in [0.29, 0.717) is 0 Å². The summed E-state index contributed by atoms with van der Waals surface area (Å²) in [4.78, 5) is 4.76. The quantitative estimate of drug-likeness (QED) is 0.677. The third-order valence-electron chi connectivity index (χ3n) is 4.75. The molecule has 4 rings (SSSR count). The highest BCUT2D eigenvalue weighted by Crippen LogP contribution is 2.32. The van der Waals surface area contributed by atoms with Crippen molar-refractivity contribution < 1.29 is 0 Å². The zero-order valence-corrected chi connectivity index (χ0v) is 15.9. The smallest absolute Gasteiger partial charge is 0.192 e. The van der Waals surface area contributed by atoms with E-state index in [-0.39, 0.29) is 24.5 Å². The minimum Gasteiger partial charge on any atom is -0.347 e. The number of hydrogen-bond acceptors (Lipinski definition) is 1. The topological polar surface area (TPSA) is 36.4 Å². The predicted octanol–water partition coefficient (Wildman–Crippen LogP) is 4.68. The fourth-order valence-electron chi connectivity index (χ4n) is 3.41. The van der Waals surface area contributed by atoms with E-state index in [1.54, 1.807) is 0 Å². The first kappa shape index (κ1) is 19.0. The number of hydrogen-bond donors (Lipinski definition) is 2. The van der Waals surface area contributed by atoms with Gasteiger partial charge >= 0.3 is 0 Å². The molecule has 138 valence electrons. The van der Waals surface area contributed by atoms with Crippen molar-refractivity contribution in [3.8, 4) is 0 Å². The molecule has 0 spiro atoms. The summed E-state index contributed by atoms with van der Waals surface area (Å²) in [6.07, 6.45) is 0.944. The highest BCUT2D eigenvalue weighted by molar-refractivity contribution is 5.85. The van der Waals surface area contributed by atoms with Gasteiger partial charge in [0.2, 0.25) is 0 Å². The summed E-state index contributed by atoms with van der Waals surface area (Å²) in [5.41, 5.74) is 3.85. The molecule has 4 heteroatoms. The van der Waals surface area contributed by atoms with Gasteiger partial charge in [-0.3, -0.25) is 4.99 Å². The van der Waals surface area contributed by atoms with Crippen LogP contribution in [0.3, 0.4) is 0 Å². The summed E-state index contributed by atoms with van der Waals surface area (Å²) in [5.74, 6) is 0.878. The molecule has 2 N–H and O–H groups in total. The molecule has 1 aliphatic heterocycles. The van der Waals surface area contributed by atoms with Gasteiger partial charge < -0.3 is 10.6 Å². The van der Waals surface area contributed by atoms with Crippen LogP contribution in [-0.2, 0) is 6.42 Å². The maximum atomic E-state index is 4.76. The molecule has 0 bridgehead atoms. The van der Waals surface area contributed by atoms with Crippen molar-refractivity contribution >= 4 is 18.4 Å². The largest absolute Gasteiger partial charge is 0.347 e. The van der Waals surface area contributed by atoms with Crippen LogP contribution in [0.5, 0.6) is 0 Å². The second kappa shape index (κ2) is 9.24. The summed E-state index contributed by atoms with van der Waals surface area (Å²) < 4.78 is 0. The van der Waals surface area contributed by atoms with Gasteiger partial charge in [-0.25, -0.2) is 0 Å². The fourth-order valence-corrected chi connectivity index (χ4v) is 3.41. The molecule has 3 aromatic rings. The second-order valence-electron chi connectivity index (χ2n) is 6.53. The Morgan fingerprint density at radius 3 is 1.56 bits per heavy atom. The molecule has 3 nitrogen and oxygen atoms in total. The number of aliphatic imine (C=N–C) groups is 1. The van der Waals surface area contributed by atoms with Gasteiger partial charge in [-0.05, 0) is 23.1 Å². The van der Waals surface area contributed by atoms with Gasteiger partial charge in [0.25, 0.3) is 0 Å². The van der Waals surface area contributed by atoms with Gasteiger partial charge in [0.05, 0.1) is 12.1 Å². The normalized spacial score (nSPS) is 19.8. The van der Waals surface area contributed by atoms with Crippen molar-refractivity contribution in [1.82, 2.24) is 10.6 Å². The van der Waals surface area contributed by atoms with Crippen LogP contribution >= 0.6 is 12.4 Å². The molecule has 1 saturated heterocycles. The molecule has 2 atom stereocenters. The number of benzene rings is 3. The number of nitrogens with one attached hydrogen (secondary N) is 2. The monoisotopic (exact) mass is 377 g/mol. The third-order valence-corrected chi connectivity index (χ3v) is 4.75. The Balaban J connectivity index is 0.00000210. The van der Waals surface area contributed by atoms with Crippen molar-refractivity contribution in [2.24, 2.45) is 4.99 Å². The SMILES string of the molecule is Cl.c1ccc(CCN=C2N[C@H](c3ccccc3)[C@H](c3ccccc3)N2)cc1. The van der Waals surface area contributed by atoms with Crippen molar-refractivity contribution in [1.29, 1.82) is 0 Å². The van der Waals surface area contributed by atoms with Gasteiger partial charge in [0.1, 0.15) is 0 Å². The first-order valence-corrected chi connectivity index (χ1v) is 9.11. The molecule has 0 saturated carbocycles. The summed E-state index contributed by atoms with van der Waals surface area (Å²) in [6, 6.07) is 32.0. The maximum Gasteiger partial charge on any atom is 0.192 e. The predicted molar refractivity (Wildman–Crippen MR) is 114 cm³/mol. The molecule has 1 fully saturated rings. The van der Waals surface area contributed by atoms with Crippen LogP contribution in [0.2, 0.25) is 0 Å². The van der Waals surface area contributed by atoms with Gasteiger partial charge in [0, 0.05) is 6.54 Å². The standard InChI is InChI=1S/C23H23N3.ClH/c1-4-10-18(11-5-1)16-17-24-23-25-21(19-12-6-2-7-13-19)22(26-23)20-14-8-3-9-15-20;/h1-15,21-22H,16-17H2,(H2,24,25,26);1H/t21-,22+;. The maximum absolute atomic E-state index is 4.76. The Hall–Kier alpha value is -2.78. The van der Waals surface area contributed by atoms with Crippen molar-refractivity contribution in [2.75, 3.05) is 6.54 Å². The van der Waals surface area contributed by atoms with Gasteiger partial charge in [0.15, 0.2) is 5.96 Å². The van der Waals surface area contributed by atoms with Gasteiger partial charge in [-0.1, -0.05) is 91.0 Å². The van der Waals surface area contributed by atoms with Crippen LogP contribution in [0, 0.1) is 0 Å². The molecule has 1 aliphatic rings. The summed E-state index contributed by atoms with van der Waals surface area (Å²) in [7, 11) is 0. The van der Waals surface area contributed by atoms with Gasteiger partial charge in [-0.2, -0.15) is 0 Å². The average Bonchev–Trinajstić information content (AvgIpc) is 3.14. The minimum absolute atomic E-state index is 0. The van der Waals surface area contributed by atoms with Crippen molar-refractivity contribution in [3.63, 3.8) is 0 Å². The number of rotatable bonds is 5. The minimum atomic E-state index is 0. The summed E-state index contributed by atoms with van der Waals surface area (Å²) in [5, 5.41) is 7.16. The van der Waals surface area contributed by atoms with E-state index in [2.05, 4.69) is 95.6 Å². The van der Waals surface area contributed by atoms with Crippen LogP contribution < -0.4 is 10.6 Å². The Morgan fingerprint density at radius 2 is 1.07 bits per heavy atom. The number of guanidine groups is 1. The number of nitrogens with zero attached hydrogens (tertiary/aromatic N) is 1. The molecule has 0 amide bonds. The van der Waals surface area contributed by atoms with Crippen LogP contribution in [0.25, 0.3) is 0 Å². The highest BCUT2D eigenvalue weighted by Gasteiger charge is 2.32. The van der Waals surface area contributed by atoms with Crippen LogP contribution in [0.1, 0.15) is 28.8 Å². The van der Waals surface area contributed by atoms with E-state index in [9.17, 15) is 0 Å². The zero-order valence-electron chi connectivity index (χ0n) is 15.1. The molecule has 0 radical (unpaired) electrons. The Bertz CT molecular complexity index is 801. The molecule has 0 aromatic heterocycles. The average molecular weight is 378 g/mol.